The Kier molecular flexibility index (Phi) is 27.3. The second-order valence-electron chi connectivity index (χ2n) is 36.4. The molecule has 0 aromatic rings. The van der Waals surface area contributed by atoms with E-state index in [0.717, 1.165) is 5.57 Å². The number of fused-ring (bicyclic) bond motifs is 7. The van der Waals surface area contributed by atoms with Crippen LogP contribution in [-0.4, -0.2) is 397 Å². The highest BCUT2D eigenvalue weighted by Crippen LogP contribution is 2.76. The van der Waals surface area contributed by atoms with E-state index in [9.17, 15) is 112 Å². The fourth-order valence-electron chi connectivity index (χ4n) is 21.6. The Labute approximate surface area is 664 Å². The van der Waals surface area contributed by atoms with Crippen LogP contribution in [0.3, 0.4) is 0 Å². The van der Waals surface area contributed by atoms with Crippen molar-refractivity contribution >= 4 is 5.97 Å². The number of esters is 1. The van der Waals surface area contributed by atoms with Crippen molar-refractivity contribution in [2.24, 2.45) is 50.2 Å². The number of hydrogen-bond donors (Lipinski definition) is 22. The number of ether oxygens (including phenoxy) is 16. The van der Waals surface area contributed by atoms with Gasteiger partial charge in [-0.1, -0.05) is 53.2 Å². The van der Waals surface area contributed by atoms with Gasteiger partial charge in [0.05, 0.1) is 69.5 Å². The first-order valence-electron chi connectivity index (χ1n) is 40.4. The molecule has 8 saturated heterocycles. The van der Waals surface area contributed by atoms with Gasteiger partial charge in [0.25, 0.3) is 0 Å². The molecular weight excluding hydrogens is 1540 g/mol. The Bertz CT molecular complexity index is 3290. The molecule has 115 heavy (non-hydrogen) atoms. The van der Waals surface area contributed by atoms with Crippen LogP contribution in [0.25, 0.3) is 0 Å². The van der Waals surface area contributed by atoms with E-state index in [1.54, 1.807) is 0 Å². The quantitative estimate of drug-likeness (QED) is 0.0306. The minimum Gasteiger partial charge on any atom is -0.432 e. The molecule has 39 heteroatoms. The highest BCUT2D eigenvalue weighted by Gasteiger charge is 2.71. The van der Waals surface area contributed by atoms with Crippen LogP contribution in [0.5, 0.6) is 0 Å². The van der Waals surface area contributed by atoms with Crippen molar-refractivity contribution in [2.45, 2.75) is 366 Å². The van der Waals surface area contributed by atoms with E-state index in [-0.39, 0.29) is 43.3 Å². The zero-order valence-electron chi connectivity index (χ0n) is 65.9. The van der Waals surface area contributed by atoms with E-state index in [1.807, 2.05) is 6.92 Å². The highest BCUT2D eigenvalue weighted by atomic mass is 16.8. The number of rotatable bonds is 20. The molecule has 13 aliphatic rings. The molecule has 8 aliphatic heterocycles. The zero-order chi connectivity index (χ0) is 83.7. The van der Waals surface area contributed by atoms with Gasteiger partial charge < -0.3 is 188 Å². The summed E-state index contributed by atoms with van der Waals surface area (Å²) in [4.78, 5) is 16.2. The third-order valence-electron chi connectivity index (χ3n) is 29.1. The van der Waals surface area contributed by atoms with Gasteiger partial charge in [-0.2, -0.15) is 0 Å². The van der Waals surface area contributed by atoms with Gasteiger partial charge in [0.15, 0.2) is 50.1 Å². The number of aliphatic hydroxyl groups is 22. The van der Waals surface area contributed by atoms with Crippen molar-refractivity contribution in [3.8, 4) is 0 Å². The molecule has 4 saturated carbocycles. The molecule has 47 atom stereocenters. The van der Waals surface area contributed by atoms with Crippen molar-refractivity contribution < 1.29 is 193 Å². The molecule has 0 aromatic heterocycles. The van der Waals surface area contributed by atoms with E-state index < -0.39 is 305 Å². The first kappa shape index (κ1) is 90.5. The number of carbonyl (C=O) groups excluding carboxylic acids is 1. The maximum absolute atomic E-state index is 16.2. The van der Waals surface area contributed by atoms with E-state index >= 15 is 4.79 Å². The summed E-state index contributed by atoms with van der Waals surface area (Å²) in [5.41, 5.74) is -3.14. The van der Waals surface area contributed by atoms with Crippen LogP contribution in [-0.2, 0) is 80.6 Å². The molecule has 0 bridgehead atoms. The van der Waals surface area contributed by atoms with Crippen molar-refractivity contribution in [1.82, 2.24) is 0 Å². The number of allylic oxidation sites excluding steroid dienone is 2. The summed E-state index contributed by atoms with van der Waals surface area (Å²) in [6.07, 6.45) is -59.1. The van der Waals surface area contributed by atoms with Crippen LogP contribution in [0.1, 0.15) is 127 Å². The minimum absolute atomic E-state index is 0.0307. The second kappa shape index (κ2) is 34.7. The van der Waals surface area contributed by atoms with Crippen molar-refractivity contribution in [2.75, 3.05) is 39.6 Å². The summed E-state index contributed by atoms with van der Waals surface area (Å²) in [6.45, 7) is 13.3. The largest absolute Gasteiger partial charge is 0.432 e. The molecule has 0 spiro atoms. The van der Waals surface area contributed by atoms with Crippen molar-refractivity contribution in [3.05, 3.63) is 11.6 Å². The lowest BCUT2D eigenvalue weighted by Gasteiger charge is -2.71. The lowest BCUT2D eigenvalue weighted by Crippen LogP contribution is -2.67. The van der Waals surface area contributed by atoms with Crippen LogP contribution in [0.15, 0.2) is 11.6 Å². The van der Waals surface area contributed by atoms with E-state index in [1.165, 1.54) is 20.8 Å². The Morgan fingerprint density at radius 2 is 0.870 bits per heavy atom. The second-order valence-corrected chi connectivity index (χ2v) is 36.4. The zero-order valence-corrected chi connectivity index (χ0v) is 65.9. The lowest BCUT2D eigenvalue weighted by atomic mass is 9.33. The number of hydrogen-bond acceptors (Lipinski definition) is 39. The molecule has 662 valence electrons. The number of carbonyl (C=O) groups is 1. The van der Waals surface area contributed by atoms with Gasteiger partial charge in [-0.05, 0) is 124 Å². The predicted octanol–water partition coefficient (Wildman–Crippen LogP) is -7.41. The molecule has 0 amide bonds. The topological polar surface area (TPSA) is 610 Å². The van der Waals surface area contributed by atoms with E-state index in [2.05, 4.69) is 40.7 Å². The van der Waals surface area contributed by atoms with Crippen LogP contribution in [0, 0.1) is 50.2 Å². The van der Waals surface area contributed by atoms with Gasteiger partial charge in [0.1, 0.15) is 159 Å². The molecule has 8 heterocycles. The van der Waals surface area contributed by atoms with Gasteiger partial charge in [0.2, 0.25) is 6.29 Å². The van der Waals surface area contributed by atoms with Gasteiger partial charge in [-0.3, -0.25) is 4.79 Å². The Hall–Kier alpha value is -2.27. The summed E-state index contributed by atoms with van der Waals surface area (Å²) < 4.78 is 96.7. The molecular formula is C76H124O39. The van der Waals surface area contributed by atoms with Gasteiger partial charge >= 0.3 is 5.97 Å². The summed E-state index contributed by atoms with van der Waals surface area (Å²) in [5, 5.41) is 243. The van der Waals surface area contributed by atoms with Crippen molar-refractivity contribution in [3.63, 3.8) is 0 Å². The summed E-state index contributed by atoms with van der Waals surface area (Å²) in [5.74, 6) is -1.53. The molecule has 0 aromatic carbocycles. The molecule has 22 N–H and O–H groups in total. The first-order chi connectivity index (χ1) is 54.0. The molecule has 13 rings (SSSR count). The molecule has 5 aliphatic carbocycles. The smallest absolute Gasteiger partial charge is 0.315 e. The normalized spacial score (nSPS) is 55.5. The Balaban J connectivity index is 0.744. The first-order valence-corrected chi connectivity index (χ1v) is 40.4. The lowest BCUT2D eigenvalue weighted by molar-refractivity contribution is -0.385. The fraction of sp³-hybridized carbons (Fsp3) is 0.961. The third kappa shape index (κ3) is 16.1. The average molecular weight is 1660 g/mol. The van der Waals surface area contributed by atoms with Crippen LogP contribution < -0.4 is 0 Å². The molecule has 0 radical (unpaired) electrons. The fourth-order valence-corrected chi connectivity index (χ4v) is 21.6. The van der Waals surface area contributed by atoms with Gasteiger partial charge in [0, 0.05) is 5.41 Å². The number of aliphatic hydroxyl groups excluding tert-OH is 22. The van der Waals surface area contributed by atoms with Gasteiger partial charge in [-0.15, -0.1) is 0 Å². The average Bonchev–Trinajstić information content (AvgIpc) is 0.673. The Morgan fingerprint density at radius 1 is 0.417 bits per heavy atom. The van der Waals surface area contributed by atoms with E-state index in [4.69, 9.17) is 75.8 Å². The highest BCUT2D eigenvalue weighted by molar-refractivity contribution is 5.79. The predicted molar refractivity (Wildman–Crippen MR) is 379 cm³/mol. The van der Waals surface area contributed by atoms with Crippen LogP contribution >= 0.6 is 0 Å². The van der Waals surface area contributed by atoms with E-state index in [0.29, 0.717) is 51.4 Å². The van der Waals surface area contributed by atoms with Crippen LogP contribution in [0.4, 0.5) is 0 Å². The monoisotopic (exact) mass is 1660 g/mol. The van der Waals surface area contributed by atoms with Crippen molar-refractivity contribution in [1.29, 1.82) is 0 Å². The summed E-state index contributed by atoms with van der Waals surface area (Å²) >= 11 is 0. The summed E-state index contributed by atoms with van der Waals surface area (Å²) in [6, 6.07) is 0. The molecule has 47 unspecified atom stereocenters. The minimum atomic E-state index is -2.18. The Morgan fingerprint density at radius 3 is 1.44 bits per heavy atom. The third-order valence-corrected chi connectivity index (χ3v) is 29.1. The maximum atomic E-state index is 16.2. The SMILES string of the molecule is CC1OC(OC2C(C)OC(OC3C(OC4CCC5(C)C(CCC6(C)C5CC=C5C7CC(C)(C)CCC7(C(=O)OC7OC(COC8OC(CO)C(OC9OC(C)C(O)C(O)C9O)C(O)C8O)C(O)C(O)C7OC7OCC(O)C(O)C7OC7OC(CO)C(O)C(O)C7O)CCC56C)C4(C)CO)OCC(O)C3O)C(O)C2O)C(O)C(O)C1O. The summed E-state index contributed by atoms with van der Waals surface area (Å²) in [7, 11) is 0. The standard InChI is InChI=1S/C76H124O39/c1-27-40(82)46(88)52(94)63(103-27)110-57-29(3)105-65(56(98)50(57)92)112-59-42(84)32(80)23-100-67(59)109-39-13-14-72(6)37(73(39,7)26-79)12-15-75(9)38(72)11-10-30-31-20-71(4,5)16-18-76(31,19-17-74(30,75)8)70(99)115-69-61(114-68-60(43(85)33(81)24-101-68)113-66-54(96)48(90)44(86)34(21-77)106-66)49(91)45(87)36(108-69)25-102-62-55(97)51(93)58(35(22-78)107-62)111-64-53(95)47(89)41(83)28(2)104-64/h10,27-29,31-69,77-98H,11-26H2,1-9H3. The van der Waals surface area contributed by atoms with Crippen LogP contribution in [0.2, 0.25) is 0 Å². The molecule has 12 fully saturated rings. The van der Waals surface area contributed by atoms with Gasteiger partial charge in [-0.25, -0.2) is 0 Å². The molecule has 39 nitrogen and oxygen atoms in total. The maximum Gasteiger partial charge on any atom is 0.315 e.